The van der Waals surface area contributed by atoms with Crippen LogP contribution in [-0.4, -0.2) is 19.8 Å². The highest BCUT2D eigenvalue weighted by molar-refractivity contribution is 5.21. The third kappa shape index (κ3) is 3.53. The Morgan fingerprint density at radius 3 is 2.72 bits per heavy atom. The number of hydrogen-bond donors (Lipinski definition) is 1. The van der Waals surface area contributed by atoms with Crippen LogP contribution in [0.3, 0.4) is 0 Å². The van der Waals surface area contributed by atoms with Crippen LogP contribution in [0.1, 0.15) is 37.8 Å². The molecule has 3 heteroatoms. The molecule has 1 aromatic rings. The lowest BCUT2D eigenvalue weighted by atomic mass is 9.98. The van der Waals surface area contributed by atoms with E-state index >= 15 is 0 Å². The molecule has 1 N–H and O–H groups in total. The van der Waals surface area contributed by atoms with Gasteiger partial charge in [0.1, 0.15) is 5.82 Å². The SMILES string of the molecule is CCC(NCC1CCOCC1)c1ccccc1F. The van der Waals surface area contributed by atoms with Crippen molar-refractivity contribution in [2.45, 2.75) is 32.2 Å². The second-order valence-corrected chi connectivity index (χ2v) is 4.95. The molecule has 1 aromatic carbocycles. The van der Waals surface area contributed by atoms with E-state index in [1.807, 2.05) is 12.1 Å². The molecule has 0 amide bonds. The maximum absolute atomic E-state index is 13.7. The smallest absolute Gasteiger partial charge is 0.127 e. The van der Waals surface area contributed by atoms with Gasteiger partial charge in [-0.05, 0) is 37.8 Å². The first-order valence-corrected chi connectivity index (χ1v) is 6.86. The maximum Gasteiger partial charge on any atom is 0.127 e. The second kappa shape index (κ2) is 6.86. The van der Waals surface area contributed by atoms with Crippen LogP contribution in [-0.2, 0) is 4.74 Å². The number of benzene rings is 1. The molecule has 2 nitrogen and oxygen atoms in total. The minimum absolute atomic E-state index is 0.108. The lowest BCUT2D eigenvalue weighted by molar-refractivity contribution is 0.0653. The van der Waals surface area contributed by atoms with Crippen molar-refractivity contribution >= 4 is 0 Å². The van der Waals surface area contributed by atoms with Gasteiger partial charge in [-0.2, -0.15) is 0 Å². The summed E-state index contributed by atoms with van der Waals surface area (Å²) in [6.45, 7) is 4.77. The molecule has 100 valence electrons. The van der Waals surface area contributed by atoms with Crippen molar-refractivity contribution in [3.05, 3.63) is 35.6 Å². The minimum Gasteiger partial charge on any atom is -0.381 e. The lowest BCUT2D eigenvalue weighted by Gasteiger charge is -2.25. The summed E-state index contributed by atoms with van der Waals surface area (Å²) in [7, 11) is 0. The van der Waals surface area contributed by atoms with Crippen molar-refractivity contribution in [2.24, 2.45) is 5.92 Å². The third-order valence-corrected chi connectivity index (χ3v) is 3.68. The Labute approximate surface area is 109 Å². The van der Waals surface area contributed by atoms with Crippen LogP contribution >= 0.6 is 0 Å². The van der Waals surface area contributed by atoms with Gasteiger partial charge in [-0.1, -0.05) is 25.1 Å². The summed E-state index contributed by atoms with van der Waals surface area (Å²) in [6.07, 6.45) is 3.13. The largest absolute Gasteiger partial charge is 0.381 e. The summed E-state index contributed by atoms with van der Waals surface area (Å²) in [5, 5.41) is 3.50. The third-order valence-electron chi connectivity index (χ3n) is 3.68. The van der Waals surface area contributed by atoms with E-state index in [0.29, 0.717) is 5.92 Å². The Balaban J connectivity index is 1.91. The quantitative estimate of drug-likeness (QED) is 0.867. The predicted molar refractivity (Wildman–Crippen MR) is 71.0 cm³/mol. The van der Waals surface area contributed by atoms with Crippen molar-refractivity contribution in [3.63, 3.8) is 0 Å². The van der Waals surface area contributed by atoms with E-state index in [-0.39, 0.29) is 11.9 Å². The van der Waals surface area contributed by atoms with Gasteiger partial charge in [-0.15, -0.1) is 0 Å². The Kier molecular flexibility index (Phi) is 5.14. The van der Waals surface area contributed by atoms with E-state index < -0.39 is 0 Å². The zero-order chi connectivity index (χ0) is 12.8. The van der Waals surface area contributed by atoms with Crippen molar-refractivity contribution < 1.29 is 9.13 Å². The molecule has 0 saturated carbocycles. The molecule has 0 aromatic heterocycles. The zero-order valence-corrected chi connectivity index (χ0v) is 11.0. The monoisotopic (exact) mass is 251 g/mol. The van der Waals surface area contributed by atoms with Crippen LogP contribution in [0.5, 0.6) is 0 Å². The summed E-state index contributed by atoms with van der Waals surface area (Å²) in [5.41, 5.74) is 0.784. The highest BCUT2D eigenvalue weighted by Gasteiger charge is 2.17. The lowest BCUT2D eigenvalue weighted by Crippen LogP contribution is -2.30. The summed E-state index contributed by atoms with van der Waals surface area (Å²) in [5.74, 6) is 0.559. The molecular weight excluding hydrogens is 229 g/mol. The highest BCUT2D eigenvalue weighted by Crippen LogP contribution is 2.21. The van der Waals surface area contributed by atoms with Crippen LogP contribution in [0, 0.1) is 11.7 Å². The predicted octanol–water partition coefficient (Wildman–Crippen LogP) is 3.29. The van der Waals surface area contributed by atoms with Crippen LogP contribution in [0.15, 0.2) is 24.3 Å². The first kappa shape index (κ1) is 13.5. The Hall–Kier alpha value is -0.930. The van der Waals surface area contributed by atoms with Crippen LogP contribution in [0.4, 0.5) is 4.39 Å². The van der Waals surface area contributed by atoms with Gasteiger partial charge in [0, 0.05) is 24.8 Å². The molecule has 0 radical (unpaired) electrons. The zero-order valence-electron chi connectivity index (χ0n) is 11.0. The fraction of sp³-hybridized carbons (Fsp3) is 0.600. The summed E-state index contributed by atoms with van der Waals surface area (Å²) in [4.78, 5) is 0. The average Bonchev–Trinajstić information content (AvgIpc) is 2.42. The normalized spacial score (nSPS) is 18.8. The average molecular weight is 251 g/mol. The van der Waals surface area contributed by atoms with Gasteiger partial charge in [0.25, 0.3) is 0 Å². The molecule has 1 atom stereocenters. The van der Waals surface area contributed by atoms with E-state index in [2.05, 4.69) is 12.2 Å². The van der Waals surface area contributed by atoms with Gasteiger partial charge < -0.3 is 10.1 Å². The van der Waals surface area contributed by atoms with Crippen LogP contribution in [0.25, 0.3) is 0 Å². The molecule has 1 saturated heterocycles. The van der Waals surface area contributed by atoms with E-state index in [9.17, 15) is 4.39 Å². The van der Waals surface area contributed by atoms with E-state index in [0.717, 1.165) is 44.6 Å². The molecular formula is C15H22FNO. The van der Waals surface area contributed by atoms with Gasteiger partial charge in [-0.25, -0.2) is 4.39 Å². The summed E-state index contributed by atoms with van der Waals surface area (Å²) < 4.78 is 19.1. The van der Waals surface area contributed by atoms with E-state index in [4.69, 9.17) is 4.74 Å². The summed E-state index contributed by atoms with van der Waals surface area (Å²) >= 11 is 0. The standard InChI is InChI=1S/C15H22FNO/c1-2-15(13-5-3-4-6-14(13)16)17-11-12-7-9-18-10-8-12/h3-6,12,15,17H,2,7-11H2,1H3. The number of hydrogen-bond acceptors (Lipinski definition) is 2. The number of halogens is 1. The Morgan fingerprint density at radius 2 is 2.06 bits per heavy atom. The van der Waals surface area contributed by atoms with Gasteiger partial charge in [0.15, 0.2) is 0 Å². The number of rotatable bonds is 5. The second-order valence-electron chi connectivity index (χ2n) is 4.95. The van der Waals surface area contributed by atoms with Crippen molar-refractivity contribution in [2.75, 3.05) is 19.8 Å². The van der Waals surface area contributed by atoms with Crippen molar-refractivity contribution in [1.82, 2.24) is 5.32 Å². The molecule has 18 heavy (non-hydrogen) atoms. The fourth-order valence-electron chi connectivity index (χ4n) is 2.49. The molecule has 0 aliphatic carbocycles. The highest BCUT2D eigenvalue weighted by atomic mass is 19.1. The number of nitrogens with one attached hydrogen (secondary N) is 1. The molecule has 0 spiro atoms. The van der Waals surface area contributed by atoms with Crippen molar-refractivity contribution in [1.29, 1.82) is 0 Å². The van der Waals surface area contributed by atoms with Crippen molar-refractivity contribution in [3.8, 4) is 0 Å². The van der Waals surface area contributed by atoms with Crippen LogP contribution in [0.2, 0.25) is 0 Å². The van der Waals surface area contributed by atoms with E-state index in [1.165, 1.54) is 6.07 Å². The topological polar surface area (TPSA) is 21.3 Å². The molecule has 0 bridgehead atoms. The molecule has 1 unspecified atom stereocenters. The summed E-state index contributed by atoms with van der Waals surface area (Å²) in [6, 6.07) is 7.17. The first-order chi connectivity index (χ1) is 8.81. The molecule has 1 aliphatic heterocycles. The van der Waals surface area contributed by atoms with Gasteiger partial charge in [0.05, 0.1) is 0 Å². The maximum atomic E-state index is 13.7. The number of ether oxygens (including phenoxy) is 1. The van der Waals surface area contributed by atoms with Gasteiger partial charge in [-0.3, -0.25) is 0 Å². The minimum atomic E-state index is -0.108. The molecule has 1 aliphatic rings. The van der Waals surface area contributed by atoms with E-state index in [1.54, 1.807) is 6.07 Å². The van der Waals surface area contributed by atoms with Gasteiger partial charge in [0.2, 0.25) is 0 Å². The Morgan fingerprint density at radius 1 is 1.33 bits per heavy atom. The Bertz CT molecular complexity index is 363. The van der Waals surface area contributed by atoms with Gasteiger partial charge >= 0.3 is 0 Å². The fourth-order valence-corrected chi connectivity index (χ4v) is 2.49. The first-order valence-electron chi connectivity index (χ1n) is 6.86. The molecule has 1 heterocycles. The molecule has 2 rings (SSSR count). The van der Waals surface area contributed by atoms with Crippen LogP contribution < -0.4 is 5.32 Å². The molecule has 1 fully saturated rings.